The summed E-state index contributed by atoms with van der Waals surface area (Å²) in [5.41, 5.74) is 2.44. The molecule has 0 radical (unpaired) electrons. The summed E-state index contributed by atoms with van der Waals surface area (Å²) in [4.78, 5) is 68.1. The smallest absolute Gasteiger partial charge is 0.326 e. The molecule has 0 aliphatic carbocycles. The summed E-state index contributed by atoms with van der Waals surface area (Å²) < 4.78 is 0. The summed E-state index contributed by atoms with van der Waals surface area (Å²) in [5, 5.41) is 14.5. The van der Waals surface area contributed by atoms with Crippen LogP contribution in [0.25, 0.3) is 10.9 Å². The third-order valence-electron chi connectivity index (χ3n) is 6.89. The minimum Gasteiger partial charge on any atom is -0.480 e. The van der Waals surface area contributed by atoms with Gasteiger partial charge in [-0.25, -0.2) is 4.79 Å². The number of hydrogen-bond acceptors (Lipinski definition) is 7. The van der Waals surface area contributed by atoms with Crippen molar-refractivity contribution in [3.8, 4) is 0 Å². The zero-order valence-corrected chi connectivity index (χ0v) is 25.8. The molecule has 1 aromatic heterocycles. The van der Waals surface area contributed by atoms with Crippen molar-refractivity contribution in [3.63, 3.8) is 0 Å². The van der Waals surface area contributed by atoms with Crippen molar-refractivity contribution < 1.29 is 29.1 Å². The molecule has 11 heteroatoms. The van der Waals surface area contributed by atoms with Crippen LogP contribution in [0.5, 0.6) is 0 Å². The molecular weight excluding hydrogens is 599 g/mol. The van der Waals surface area contributed by atoms with Gasteiger partial charge in [-0.3, -0.25) is 19.2 Å². The number of rotatable bonds is 13. The first-order valence-corrected chi connectivity index (χ1v) is 15.9. The lowest BCUT2D eigenvalue weighted by Crippen LogP contribution is -2.55. The van der Waals surface area contributed by atoms with Crippen LogP contribution in [0.15, 0.2) is 91.1 Å². The van der Waals surface area contributed by atoms with Crippen molar-refractivity contribution in [2.45, 2.75) is 37.6 Å². The van der Waals surface area contributed by atoms with Gasteiger partial charge in [0, 0.05) is 40.4 Å². The molecule has 9 nitrogen and oxygen atoms in total. The average Bonchev–Trinajstić information content (AvgIpc) is 3.44. The van der Waals surface area contributed by atoms with E-state index < -0.39 is 41.0 Å². The number of carboxylic acid groups (broad SMARTS) is 1. The number of amides is 2. The van der Waals surface area contributed by atoms with E-state index in [0.717, 1.165) is 40.0 Å². The van der Waals surface area contributed by atoms with Crippen LogP contribution in [-0.2, 0) is 20.8 Å². The molecule has 0 aliphatic heterocycles. The zero-order valence-electron chi connectivity index (χ0n) is 24.2. The number of thioether (sulfide) groups is 2. The van der Waals surface area contributed by atoms with Crippen molar-refractivity contribution in [2.24, 2.45) is 5.92 Å². The maximum absolute atomic E-state index is 13.6. The van der Waals surface area contributed by atoms with Gasteiger partial charge in [-0.2, -0.15) is 0 Å². The Morgan fingerprint density at radius 1 is 0.773 bits per heavy atom. The zero-order chi connectivity index (χ0) is 31.6. The Balaban J connectivity index is 1.48. The summed E-state index contributed by atoms with van der Waals surface area (Å²) in [6.45, 7) is 3.45. The first-order valence-electron chi connectivity index (χ1n) is 14.0. The SMILES string of the molecule is CC(C)C(NC(=O)[C@H](CSC(=O)c1ccccc1)SC(=O)c1ccccc1)C(=O)NC(Cc1c[nH]c2ccccc12)C(=O)O. The van der Waals surface area contributed by atoms with E-state index >= 15 is 0 Å². The van der Waals surface area contributed by atoms with Gasteiger partial charge in [0.1, 0.15) is 17.3 Å². The predicted molar refractivity (Wildman–Crippen MR) is 174 cm³/mol. The molecule has 3 atom stereocenters. The van der Waals surface area contributed by atoms with Crippen LogP contribution in [0, 0.1) is 5.92 Å². The lowest BCUT2D eigenvalue weighted by Gasteiger charge is -2.26. The molecule has 0 saturated carbocycles. The number of hydrogen-bond donors (Lipinski definition) is 4. The van der Waals surface area contributed by atoms with Gasteiger partial charge in [0.2, 0.25) is 22.0 Å². The Bertz CT molecular complexity index is 1620. The number of aliphatic carboxylic acids is 1. The second-order valence-corrected chi connectivity index (χ2v) is 12.6. The fraction of sp³-hybridized carbons (Fsp3) is 0.242. The molecule has 228 valence electrons. The number of para-hydroxylation sites is 1. The minimum absolute atomic E-state index is 0.0203. The summed E-state index contributed by atoms with van der Waals surface area (Å²) in [7, 11) is 0. The van der Waals surface area contributed by atoms with Gasteiger partial charge in [0.05, 0.1) is 0 Å². The van der Waals surface area contributed by atoms with E-state index in [1.165, 1.54) is 0 Å². The van der Waals surface area contributed by atoms with Gasteiger partial charge in [0.25, 0.3) is 0 Å². The molecule has 0 saturated heterocycles. The largest absolute Gasteiger partial charge is 0.480 e. The number of carboxylic acids is 1. The highest BCUT2D eigenvalue weighted by Gasteiger charge is 2.33. The highest BCUT2D eigenvalue weighted by Crippen LogP contribution is 2.25. The molecule has 44 heavy (non-hydrogen) atoms. The Labute approximate surface area is 263 Å². The number of H-pyrrole nitrogens is 1. The molecule has 0 aliphatic rings. The van der Waals surface area contributed by atoms with Crippen molar-refractivity contribution in [2.75, 3.05) is 5.75 Å². The van der Waals surface area contributed by atoms with Crippen molar-refractivity contribution in [3.05, 3.63) is 108 Å². The molecule has 2 unspecified atom stereocenters. The maximum atomic E-state index is 13.6. The molecule has 2 amide bonds. The van der Waals surface area contributed by atoms with Crippen molar-refractivity contribution in [1.29, 1.82) is 0 Å². The van der Waals surface area contributed by atoms with E-state index in [1.54, 1.807) is 80.7 Å². The molecule has 0 spiro atoms. The van der Waals surface area contributed by atoms with Gasteiger partial charge >= 0.3 is 5.97 Å². The number of benzene rings is 3. The second-order valence-electron chi connectivity index (χ2n) is 10.4. The molecule has 0 fully saturated rings. The number of aromatic amines is 1. The molecule has 0 bridgehead atoms. The third kappa shape index (κ3) is 8.61. The van der Waals surface area contributed by atoms with Gasteiger partial charge in [0.15, 0.2) is 0 Å². The minimum atomic E-state index is -1.25. The summed E-state index contributed by atoms with van der Waals surface area (Å²) in [5.74, 6) is -2.91. The monoisotopic (exact) mass is 631 g/mol. The van der Waals surface area contributed by atoms with Crippen LogP contribution < -0.4 is 10.6 Å². The maximum Gasteiger partial charge on any atom is 0.326 e. The van der Waals surface area contributed by atoms with E-state index in [-0.39, 0.29) is 22.4 Å². The molecule has 4 N–H and O–H groups in total. The van der Waals surface area contributed by atoms with E-state index in [9.17, 15) is 29.1 Å². The first kappa shape index (κ1) is 32.6. The van der Waals surface area contributed by atoms with Crippen LogP contribution in [0.4, 0.5) is 0 Å². The summed E-state index contributed by atoms with van der Waals surface area (Å²) in [6, 6.07) is 22.2. The van der Waals surface area contributed by atoms with Crippen LogP contribution in [0.2, 0.25) is 0 Å². The Morgan fingerprint density at radius 2 is 1.36 bits per heavy atom. The summed E-state index contributed by atoms with van der Waals surface area (Å²) >= 11 is 1.69. The van der Waals surface area contributed by atoms with Gasteiger partial charge in [-0.1, -0.05) is 116 Å². The van der Waals surface area contributed by atoms with E-state index in [0.29, 0.717) is 11.1 Å². The van der Waals surface area contributed by atoms with E-state index in [2.05, 4.69) is 15.6 Å². The highest BCUT2D eigenvalue weighted by atomic mass is 32.2. The van der Waals surface area contributed by atoms with Crippen LogP contribution in [-0.4, -0.2) is 61.2 Å². The topological polar surface area (TPSA) is 145 Å². The van der Waals surface area contributed by atoms with Crippen LogP contribution in [0.1, 0.15) is 40.1 Å². The lowest BCUT2D eigenvalue weighted by atomic mass is 10.0. The standard InChI is InChI=1S/C33H33N3O6S2/c1-20(2)28(30(38)35-26(31(39)40)17-23-18-34-25-16-10-9-15-24(23)25)36-29(37)27(44-33(42)22-13-7-4-8-14-22)19-43-32(41)21-11-5-3-6-12-21/h3-16,18,20,26-28,34H,17,19H2,1-2H3,(H,35,38)(H,36,37)(H,39,40)/t26?,27-,28?/m0/s1. The normalized spacial score (nSPS) is 13.2. The fourth-order valence-electron chi connectivity index (χ4n) is 4.51. The first-order chi connectivity index (χ1) is 21.1. The number of nitrogens with one attached hydrogen (secondary N) is 3. The third-order valence-corrected chi connectivity index (χ3v) is 9.21. The number of fused-ring (bicyclic) bond motifs is 1. The van der Waals surface area contributed by atoms with Crippen LogP contribution in [0.3, 0.4) is 0 Å². The Hall–Kier alpha value is -4.35. The number of carbonyl (C=O) groups is 5. The van der Waals surface area contributed by atoms with Crippen LogP contribution >= 0.6 is 23.5 Å². The highest BCUT2D eigenvalue weighted by molar-refractivity contribution is 8.18. The van der Waals surface area contributed by atoms with E-state index in [4.69, 9.17) is 0 Å². The molecule has 4 aromatic rings. The number of aromatic nitrogens is 1. The van der Waals surface area contributed by atoms with Crippen molar-refractivity contribution >= 4 is 62.4 Å². The van der Waals surface area contributed by atoms with Gasteiger partial charge < -0.3 is 20.7 Å². The fourth-order valence-corrected chi connectivity index (χ4v) is 6.45. The quantitative estimate of drug-likeness (QED) is 0.162. The average molecular weight is 632 g/mol. The Kier molecular flexibility index (Phi) is 11.4. The van der Waals surface area contributed by atoms with Crippen molar-refractivity contribution in [1.82, 2.24) is 15.6 Å². The predicted octanol–water partition coefficient (Wildman–Crippen LogP) is 4.94. The number of carbonyl (C=O) groups excluding carboxylic acids is 4. The molecule has 3 aromatic carbocycles. The molecular formula is C33H33N3O6S2. The second kappa shape index (κ2) is 15.4. The molecule has 4 rings (SSSR count). The van der Waals surface area contributed by atoms with Gasteiger partial charge in [-0.05, 0) is 17.5 Å². The summed E-state index contributed by atoms with van der Waals surface area (Å²) in [6.07, 6.45) is 1.75. The van der Waals surface area contributed by atoms with E-state index in [1.807, 2.05) is 24.3 Å². The molecule has 1 heterocycles. The Morgan fingerprint density at radius 3 is 1.98 bits per heavy atom. The van der Waals surface area contributed by atoms with Gasteiger partial charge in [-0.15, -0.1) is 0 Å². The lowest BCUT2D eigenvalue weighted by molar-refractivity contribution is -0.142.